The number of rotatable bonds is 20. The van der Waals surface area contributed by atoms with Crippen molar-refractivity contribution >= 4 is 15.9 Å². The van der Waals surface area contributed by atoms with Crippen molar-refractivity contribution in [2.75, 3.05) is 6.26 Å². The fraction of sp³-hybridized carbons (Fsp3) is 0.731. The van der Waals surface area contributed by atoms with Gasteiger partial charge in [0.2, 0.25) is 0 Å². The van der Waals surface area contributed by atoms with Gasteiger partial charge in [-0.2, -0.15) is 8.42 Å². The summed E-state index contributed by atoms with van der Waals surface area (Å²) in [4.78, 5) is 12.4. The first-order valence-corrected chi connectivity index (χ1v) is 14.2. The third kappa shape index (κ3) is 15.5. The Morgan fingerprint density at radius 3 is 2.00 bits per heavy atom. The molecule has 2 atom stereocenters. The van der Waals surface area contributed by atoms with Crippen LogP contribution in [-0.4, -0.2) is 32.7 Å². The molecule has 0 saturated heterocycles. The number of Topliss-reactive ketones (excluding diaryl/α,β-unsaturated/α-hetero) is 1. The first kappa shape index (κ1) is 28.8. The first-order valence-electron chi connectivity index (χ1n) is 12.4. The maximum Gasteiger partial charge on any atom is 0.264 e. The van der Waals surface area contributed by atoms with Crippen LogP contribution in [0.5, 0.6) is 0 Å². The fourth-order valence-corrected chi connectivity index (χ4v) is 4.48. The second-order valence-electron chi connectivity index (χ2n) is 8.85. The van der Waals surface area contributed by atoms with Crippen LogP contribution in [0, 0.1) is 0 Å². The smallest absolute Gasteiger partial charge is 0.264 e. The molecule has 1 aromatic rings. The first-order chi connectivity index (χ1) is 15.3. The van der Waals surface area contributed by atoms with Gasteiger partial charge >= 0.3 is 0 Å². The lowest BCUT2D eigenvalue weighted by Crippen LogP contribution is -2.31. The standard InChI is InChI=1S/C26H44O5S/c1-4-5-6-7-8-9-10-11-12-16-19-25(27)20-21-26(23(2)31-32(3,28)29)30-22-24-17-14-13-15-18-24/h13-15,17-18,23,26H,4-12,16,19-22H2,1-3H3/t23-,26+/m1/s1. The Kier molecular flexibility index (Phi) is 15.5. The average molecular weight is 469 g/mol. The molecule has 0 N–H and O–H groups in total. The molecule has 0 aliphatic carbocycles. The molecule has 184 valence electrons. The van der Waals surface area contributed by atoms with Gasteiger partial charge < -0.3 is 4.74 Å². The highest BCUT2D eigenvalue weighted by Gasteiger charge is 2.23. The maximum absolute atomic E-state index is 12.4. The second-order valence-corrected chi connectivity index (χ2v) is 10.5. The van der Waals surface area contributed by atoms with E-state index in [2.05, 4.69) is 6.92 Å². The predicted octanol–water partition coefficient (Wildman–Crippen LogP) is 6.60. The summed E-state index contributed by atoms with van der Waals surface area (Å²) in [5.41, 5.74) is 1.00. The van der Waals surface area contributed by atoms with Crippen LogP contribution in [-0.2, 0) is 30.4 Å². The van der Waals surface area contributed by atoms with Crippen LogP contribution >= 0.6 is 0 Å². The van der Waals surface area contributed by atoms with Crippen molar-refractivity contribution < 1.29 is 22.1 Å². The molecule has 0 amide bonds. The molecule has 1 rings (SSSR count). The molecule has 6 heteroatoms. The van der Waals surface area contributed by atoms with Crippen LogP contribution in [0.4, 0.5) is 0 Å². The van der Waals surface area contributed by atoms with E-state index in [1.54, 1.807) is 6.92 Å². The van der Waals surface area contributed by atoms with Crippen molar-refractivity contribution in [2.45, 2.75) is 116 Å². The van der Waals surface area contributed by atoms with Gasteiger partial charge in [-0.1, -0.05) is 95.0 Å². The normalized spacial score (nSPS) is 13.7. The third-order valence-corrected chi connectivity index (χ3v) is 6.33. The molecule has 0 saturated carbocycles. The van der Waals surface area contributed by atoms with Crippen LogP contribution in [0.1, 0.15) is 103 Å². The second kappa shape index (κ2) is 17.3. The minimum Gasteiger partial charge on any atom is -0.371 e. The Hall–Kier alpha value is -1.24. The molecule has 0 heterocycles. The highest BCUT2D eigenvalue weighted by Crippen LogP contribution is 2.17. The lowest BCUT2D eigenvalue weighted by molar-refractivity contribution is -0.120. The van der Waals surface area contributed by atoms with Gasteiger partial charge in [0.1, 0.15) is 11.9 Å². The maximum atomic E-state index is 12.4. The molecule has 0 fully saturated rings. The molecule has 32 heavy (non-hydrogen) atoms. The van der Waals surface area contributed by atoms with Crippen LogP contribution in [0.25, 0.3) is 0 Å². The molecule has 0 aromatic heterocycles. The molecule has 0 unspecified atom stereocenters. The molecule has 5 nitrogen and oxygen atoms in total. The number of hydrogen-bond donors (Lipinski definition) is 0. The molecule has 0 bridgehead atoms. The van der Waals surface area contributed by atoms with Crippen LogP contribution in [0.2, 0.25) is 0 Å². The SMILES string of the molecule is CCCCCCCCCCCCC(=O)CC[C@H](OCc1ccccc1)[C@@H](C)OS(C)(=O)=O. The topological polar surface area (TPSA) is 69.7 Å². The van der Waals surface area contributed by atoms with Gasteiger partial charge in [0.05, 0.1) is 19.0 Å². The van der Waals surface area contributed by atoms with Gasteiger partial charge in [0, 0.05) is 12.8 Å². The molecule has 0 radical (unpaired) electrons. The number of unbranched alkanes of at least 4 members (excludes halogenated alkanes) is 9. The summed E-state index contributed by atoms with van der Waals surface area (Å²) in [7, 11) is -3.59. The highest BCUT2D eigenvalue weighted by atomic mass is 32.2. The Morgan fingerprint density at radius 1 is 0.875 bits per heavy atom. The van der Waals surface area contributed by atoms with Gasteiger partial charge in [0.25, 0.3) is 10.1 Å². The fourth-order valence-electron chi connectivity index (χ4n) is 3.81. The number of hydrogen-bond acceptors (Lipinski definition) is 5. The van der Waals surface area contributed by atoms with Gasteiger partial charge in [-0.25, -0.2) is 0 Å². The third-order valence-electron chi connectivity index (χ3n) is 5.67. The van der Waals surface area contributed by atoms with Crippen molar-refractivity contribution in [3.05, 3.63) is 35.9 Å². The van der Waals surface area contributed by atoms with E-state index in [0.29, 0.717) is 25.9 Å². The van der Waals surface area contributed by atoms with Crippen molar-refractivity contribution in [2.24, 2.45) is 0 Å². The largest absolute Gasteiger partial charge is 0.371 e. The Labute approximate surface area is 196 Å². The molecule has 1 aromatic carbocycles. The molecular weight excluding hydrogens is 424 g/mol. The molecular formula is C26H44O5S. The summed E-state index contributed by atoms with van der Waals surface area (Å²) < 4.78 is 34.1. The zero-order valence-corrected chi connectivity index (χ0v) is 21.2. The highest BCUT2D eigenvalue weighted by molar-refractivity contribution is 7.86. The molecule has 0 spiro atoms. The van der Waals surface area contributed by atoms with Crippen molar-refractivity contribution in [3.63, 3.8) is 0 Å². The van der Waals surface area contributed by atoms with Crippen LogP contribution < -0.4 is 0 Å². The van der Waals surface area contributed by atoms with Crippen molar-refractivity contribution in [3.8, 4) is 0 Å². The number of ketones is 1. The lowest BCUT2D eigenvalue weighted by atomic mass is 10.0. The quantitative estimate of drug-likeness (QED) is 0.159. The van der Waals surface area contributed by atoms with E-state index in [1.807, 2.05) is 30.3 Å². The minimum absolute atomic E-state index is 0.212. The zero-order chi connectivity index (χ0) is 23.7. The van der Waals surface area contributed by atoms with Crippen molar-refractivity contribution in [1.29, 1.82) is 0 Å². The monoisotopic (exact) mass is 468 g/mol. The van der Waals surface area contributed by atoms with Gasteiger partial charge in [0.15, 0.2) is 0 Å². The summed E-state index contributed by atoms with van der Waals surface area (Å²) in [5.74, 6) is 0.212. The minimum atomic E-state index is -3.59. The van der Waals surface area contributed by atoms with Crippen LogP contribution in [0.3, 0.4) is 0 Å². The predicted molar refractivity (Wildman–Crippen MR) is 131 cm³/mol. The van der Waals surface area contributed by atoms with E-state index in [0.717, 1.165) is 24.7 Å². The summed E-state index contributed by atoms with van der Waals surface area (Å²) in [5, 5.41) is 0. The lowest BCUT2D eigenvalue weighted by Gasteiger charge is -2.23. The van der Waals surface area contributed by atoms with E-state index in [-0.39, 0.29) is 5.78 Å². The van der Waals surface area contributed by atoms with E-state index in [9.17, 15) is 13.2 Å². The molecule has 0 aliphatic rings. The van der Waals surface area contributed by atoms with Crippen LogP contribution in [0.15, 0.2) is 30.3 Å². The summed E-state index contributed by atoms with van der Waals surface area (Å²) in [6.07, 6.45) is 13.8. The number of carbonyl (C=O) groups is 1. The number of benzene rings is 1. The van der Waals surface area contributed by atoms with E-state index < -0.39 is 22.3 Å². The summed E-state index contributed by atoms with van der Waals surface area (Å²) in [6.45, 7) is 4.28. The molecule has 0 aliphatic heterocycles. The zero-order valence-electron chi connectivity index (χ0n) is 20.4. The Bertz CT molecular complexity index is 702. The van der Waals surface area contributed by atoms with E-state index in [4.69, 9.17) is 8.92 Å². The van der Waals surface area contributed by atoms with Gasteiger partial charge in [-0.3, -0.25) is 8.98 Å². The summed E-state index contributed by atoms with van der Waals surface area (Å²) >= 11 is 0. The number of ether oxygens (including phenoxy) is 1. The van der Waals surface area contributed by atoms with E-state index >= 15 is 0 Å². The number of carbonyl (C=O) groups excluding carboxylic acids is 1. The average Bonchev–Trinajstić information content (AvgIpc) is 2.74. The van der Waals surface area contributed by atoms with E-state index in [1.165, 1.54) is 51.4 Å². The van der Waals surface area contributed by atoms with Crippen molar-refractivity contribution in [1.82, 2.24) is 0 Å². The van der Waals surface area contributed by atoms with Gasteiger partial charge in [-0.15, -0.1) is 0 Å². The summed E-state index contributed by atoms with van der Waals surface area (Å²) in [6, 6.07) is 9.70. The van der Waals surface area contributed by atoms with Gasteiger partial charge in [-0.05, 0) is 25.3 Å². The Balaban J connectivity index is 2.29. The Morgan fingerprint density at radius 2 is 1.44 bits per heavy atom.